The van der Waals surface area contributed by atoms with Crippen LogP contribution in [0.2, 0.25) is 0 Å². The molecule has 3 rings (SSSR count). The average molecular weight is 311 g/mol. The number of para-hydroxylation sites is 1. The van der Waals surface area contributed by atoms with E-state index in [1.807, 2.05) is 25.1 Å². The number of nitrogens with one attached hydrogen (secondary N) is 1. The van der Waals surface area contributed by atoms with Crippen molar-refractivity contribution in [1.29, 1.82) is 0 Å². The molecule has 23 heavy (non-hydrogen) atoms. The number of carbonyl (C=O) groups excluding carboxylic acids is 1. The second-order valence-corrected chi connectivity index (χ2v) is 5.04. The second-order valence-electron chi connectivity index (χ2n) is 5.04. The molecule has 0 atom stereocenters. The van der Waals surface area contributed by atoms with E-state index in [2.05, 4.69) is 20.4 Å². The Labute approximate surface area is 133 Å². The lowest BCUT2D eigenvalue weighted by Gasteiger charge is -2.05. The molecule has 1 N–H and O–H groups in total. The van der Waals surface area contributed by atoms with E-state index in [1.54, 1.807) is 29.9 Å². The van der Waals surface area contributed by atoms with Crippen molar-refractivity contribution in [2.45, 2.75) is 19.8 Å². The monoisotopic (exact) mass is 311 g/mol. The number of aryl methyl sites for hydroxylation is 2. The van der Waals surface area contributed by atoms with Crippen LogP contribution < -0.4 is 10.1 Å². The Hall–Kier alpha value is -2.96. The minimum atomic E-state index is -0.282. The first-order chi connectivity index (χ1) is 11.2. The van der Waals surface area contributed by atoms with Crippen LogP contribution in [0.15, 0.2) is 36.5 Å². The average Bonchev–Trinajstić information content (AvgIpc) is 2.96. The van der Waals surface area contributed by atoms with Crippen molar-refractivity contribution < 1.29 is 9.53 Å². The summed E-state index contributed by atoms with van der Waals surface area (Å²) in [6, 6.07) is 9.03. The quantitative estimate of drug-likeness (QED) is 0.573. The molecule has 0 amide bonds. The van der Waals surface area contributed by atoms with Crippen LogP contribution in [0.5, 0.6) is 5.75 Å². The van der Waals surface area contributed by atoms with E-state index in [-0.39, 0.29) is 12.4 Å². The van der Waals surface area contributed by atoms with E-state index in [9.17, 15) is 4.79 Å². The lowest BCUT2D eigenvalue weighted by molar-refractivity contribution is -0.134. The van der Waals surface area contributed by atoms with E-state index in [4.69, 9.17) is 4.74 Å². The van der Waals surface area contributed by atoms with Gasteiger partial charge < -0.3 is 10.1 Å². The summed E-state index contributed by atoms with van der Waals surface area (Å²) in [7, 11) is 1.78. The van der Waals surface area contributed by atoms with Crippen LogP contribution in [-0.4, -0.2) is 32.6 Å². The lowest BCUT2D eigenvalue weighted by Crippen LogP contribution is -2.09. The Morgan fingerprint density at radius 3 is 2.78 bits per heavy atom. The third-order valence-corrected chi connectivity index (χ3v) is 3.35. The molecule has 0 fully saturated rings. The highest BCUT2D eigenvalue weighted by molar-refractivity contribution is 5.73. The molecule has 3 aromatic rings. The summed E-state index contributed by atoms with van der Waals surface area (Å²) in [5, 5.41) is 7.25. The van der Waals surface area contributed by atoms with Crippen molar-refractivity contribution in [3.63, 3.8) is 0 Å². The highest BCUT2D eigenvalue weighted by atomic mass is 16.5. The number of anilines is 1. The summed E-state index contributed by atoms with van der Waals surface area (Å²) in [6.07, 6.45) is 2.48. The van der Waals surface area contributed by atoms with E-state index in [1.165, 1.54) is 0 Å². The van der Waals surface area contributed by atoms with Crippen LogP contribution in [0.1, 0.15) is 17.8 Å². The molecule has 0 unspecified atom stereocenters. The number of esters is 1. The van der Waals surface area contributed by atoms with Crippen LogP contribution >= 0.6 is 0 Å². The molecule has 118 valence electrons. The Morgan fingerprint density at radius 1 is 1.26 bits per heavy atom. The number of carbonyl (C=O) groups is 1. The first-order valence-electron chi connectivity index (χ1n) is 7.32. The predicted octanol–water partition coefficient (Wildman–Crippen LogP) is 2.01. The number of hydrogen-bond acceptors (Lipinski definition) is 6. The Bertz CT molecular complexity index is 829. The molecule has 0 radical (unpaired) electrons. The standard InChI is InChI=1S/C16H17N5O2/c1-11-19-15-12(10-18-21(15)16(17-2)20-11)8-9-14(22)23-13-6-4-3-5-7-13/h3-7,10H,8-9H2,1-2H3,(H,17,19,20). The minimum Gasteiger partial charge on any atom is -0.427 e. The maximum atomic E-state index is 11.9. The number of ether oxygens (including phenoxy) is 1. The Kier molecular flexibility index (Phi) is 4.18. The van der Waals surface area contributed by atoms with E-state index in [0.29, 0.717) is 29.6 Å². The molecule has 0 aliphatic carbocycles. The first kappa shape index (κ1) is 15.0. The van der Waals surface area contributed by atoms with Gasteiger partial charge in [-0.15, -0.1) is 0 Å². The fourth-order valence-corrected chi connectivity index (χ4v) is 2.27. The summed E-state index contributed by atoms with van der Waals surface area (Å²) in [4.78, 5) is 20.6. The molecule has 0 saturated heterocycles. The summed E-state index contributed by atoms with van der Waals surface area (Å²) < 4.78 is 6.91. The highest BCUT2D eigenvalue weighted by Crippen LogP contribution is 2.15. The zero-order valence-electron chi connectivity index (χ0n) is 13.0. The van der Waals surface area contributed by atoms with E-state index < -0.39 is 0 Å². The van der Waals surface area contributed by atoms with Gasteiger partial charge in [-0.1, -0.05) is 18.2 Å². The van der Waals surface area contributed by atoms with Gasteiger partial charge in [-0.3, -0.25) is 4.79 Å². The Balaban J connectivity index is 1.72. The van der Waals surface area contributed by atoms with Gasteiger partial charge in [0, 0.05) is 12.6 Å². The van der Waals surface area contributed by atoms with Crippen molar-refractivity contribution in [2.75, 3.05) is 12.4 Å². The molecule has 0 bridgehead atoms. The maximum Gasteiger partial charge on any atom is 0.311 e. The van der Waals surface area contributed by atoms with Crippen LogP contribution in [0.25, 0.3) is 5.65 Å². The number of aromatic nitrogens is 4. The molecule has 0 spiro atoms. The fourth-order valence-electron chi connectivity index (χ4n) is 2.27. The number of fused-ring (bicyclic) bond motifs is 1. The molecule has 0 saturated carbocycles. The maximum absolute atomic E-state index is 11.9. The van der Waals surface area contributed by atoms with Crippen LogP contribution in [-0.2, 0) is 11.2 Å². The van der Waals surface area contributed by atoms with Gasteiger partial charge in [-0.2, -0.15) is 14.6 Å². The molecule has 1 aromatic carbocycles. The number of benzene rings is 1. The summed E-state index contributed by atoms with van der Waals surface area (Å²) in [5.74, 6) is 1.53. The van der Waals surface area contributed by atoms with Crippen molar-refractivity contribution >= 4 is 17.6 Å². The van der Waals surface area contributed by atoms with Gasteiger partial charge in [0.25, 0.3) is 0 Å². The van der Waals surface area contributed by atoms with Gasteiger partial charge in [-0.05, 0) is 25.5 Å². The topological polar surface area (TPSA) is 81.4 Å². The van der Waals surface area contributed by atoms with Crippen molar-refractivity contribution in [3.8, 4) is 5.75 Å². The van der Waals surface area contributed by atoms with Gasteiger partial charge in [0.05, 0.1) is 12.6 Å². The van der Waals surface area contributed by atoms with Gasteiger partial charge in [0.1, 0.15) is 11.6 Å². The molecule has 0 aliphatic heterocycles. The first-order valence-corrected chi connectivity index (χ1v) is 7.32. The van der Waals surface area contributed by atoms with Gasteiger partial charge >= 0.3 is 5.97 Å². The molecule has 7 nitrogen and oxygen atoms in total. The summed E-state index contributed by atoms with van der Waals surface area (Å²) in [5.41, 5.74) is 1.59. The van der Waals surface area contributed by atoms with Crippen molar-refractivity contribution in [1.82, 2.24) is 19.6 Å². The largest absolute Gasteiger partial charge is 0.427 e. The third kappa shape index (κ3) is 3.28. The highest BCUT2D eigenvalue weighted by Gasteiger charge is 2.13. The SMILES string of the molecule is CNc1nc(C)nc2c(CCC(=O)Oc3ccccc3)cnn12. The Morgan fingerprint density at radius 2 is 2.04 bits per heavy atom. The van der Waals surface area contributed by atoms with Crippen molar-refractivity contribution in [2.24, 2.45) is 0 Å². The number of nitrogens with zero attached hydrogens (tertiary/aromatic N) is 4. The molecular formula is C16H17N5O2. The van der Waals surface area contributed by atoms with Gasteiger partial charge in [0.15, 0.2) is 5.65 Å². The molecule has 7 heteroatoms. The molecular weight excluding hydrogens is 294 g/mol. The third-order valence-electron chi connectivity index (χ3n) is 3.35. The van der Waals surface area contributed by atoms with Crippen molar-refractivity contribution in [3.05, 3.63) is 47.9 Å². The van der Waals surface area contributed by atoms with Gasteiger partial charge in [0.2, 0.25) is 5.95 Å². The molecule has 2 heterocycles. The zero-order chi connectivity index (χ0) is 16.2. The zero-order valence-corrected chi connectivity index (χ0v) is 13.0. The van der Waals surface area contributed by atoms with Crippen LogP contribution in [0.4, 0.5) is 5.95 Å². The molecule has 0 aliphatic rings. The van der Waals surface area contributed by atoms with Gasteiger partial charge in [-0.25, -0.2) is 4.98 Å². The smallest absolute Gasteiger partial charge is 0.311 e. The van der Waals surface area contributed by atoms with Crippen LogP contribution in [0.3, 0.4) is 0 Å². The van der Waals surface area contributed by atoms with E-state index >= 15 is 0 Å². The normalized spacial score (nSPS) is 10.7. The fraction of sp³-hybridized carbons (Fsp3) is 0.250. The number of rotatable bonds is 5. The lowest BCUT2D eigenvalue weighted by atomic mass is 10.2. The second kappa shape index (κ2) is 6.43. The van der Waals surface area contributed by atoms with E-state index in [0.717, 1.165) is 5.56 Å². The molecule has 2 aromatic heterocycles. The summed E-state index contributed by atoms with van der Waals surface area (Å²) in [6.45, 7) is 1.82. The number of hydrogen-bond donors (Lipinski definition) is 1. The predicted molar refractivity (Wildman–Crippen MR) is 85.5 cm³/mol. The van der Waals surface area contributed by atoms with Crippen LogP contribution in [0, 0.1) is 6.92 Å². The summed E-state index contributed by atoms with van der Waals surface area (Å²) >= 11 is 0. The minimum absolute atomic E-state index is 0.258.